The maximum atomic E-state index is 2.57. The minimum atomic E-state index is 0.639. The molecule has 0 bridgehead atoms. The lowest BCUT2D eigenvalue weighted by Gasteiger charge is -2.38. The van der Waals surface area contributed by atoms with E-state index in [1.807, 2.05) is 0 Å². The largest absolute Gasteiger partial charge is 0.346 e. The van der Waals surface area contributed by atoms with Crippen molar-refractivity contribution in [1.82, 2.24) is 9.13 Å². The van der Waals surface area contributed by atoms with Gasteiger partial charge in [0.25, 0.3) is 0 Å². The van der Waals surface area contributed by atoms with Gasteiger partial charge in [0.1, 0.15) is 0 Å². The Morgan fingerprint density at radius 2 is 1.24 bits per heavy atom. The van der Waals surface area contributed by atoms with Gasteiger partial charge in [0.05, 0.1) is 0 Å². The first kappa shape index (κ1) is 14.5. The molecule has 114 valence electrons. The molecule has 1 aliphatic rings. The predicted octanol–water partition coefficient (Wildman–Crippen LogP) is 5.13. The topological polar surface area (TPSA) is 9.86 Å². The third kappa shape index (κ3) is 2.45. The van der Waals surface area contributed by atoms with Gasteiger partial charge in [0.2, 0.25) is 0 Å². The normalized spacial score (nSPS) is 26.2. The van der Waals surface area contributed by atoms with E-state index in [-0.39, 0.29) is 0 Å². The van der Waals surface area contributed by atoms with E-state index < -0.39 is 0 Å². The maximum absolute atomic E-state index is 2.57. The Balaban J connectivity index is 1.92. The SMILES string of the molecule is Cc1ccc(C)n1C1CCC(C)C(n2c(C)ccc2C)C1. The van der Waals surface area contributed by atoms with Crippen molar-refractivity contribution in [1.29, 1.82) is 0 Å². The lowest BCUT2D eigenvalue weighted by molar-refractivity contribution is 0.193. The molecule has 21 heavy (non-hydrogen) atoms. The Morgan fingerprint density at radius 3 is 1.76 bits per heavy atom. The van der Waals surface area contributed by atoms with Crippen LogP contribution in [0.3, 0.4) is 0 Å². The Hall–Kier alpha value is -1.44. The number of rotatable bonds is 2. The molecule has 0 aromatic carbocycles. The molecule has 2 aromatic rings. The van der Waals surface area contributed by atoms with Crippen LogP contribution in [0.15, 0.2) is 24.3 Å². The van der Waals surface area contributed by atoms with E-state index in [0.29, 0.717) is 12.1 Å². The van der Waals surface area contributed by atoms with Gasteiger partial charge in [-0.25, -0.2) is 0 Å². The van der Waals surface area contributed by atoms with Crippen LogP contribution in [0.1, 0.15) is 61.0 Å². The van der Waals surface area contributed by atoms with E-state index in [4.69, 9.17) is 0 Å². The lowest BCUT2D eigenvalue weighted by atomic mass is 9.82. The average Bonchev–Trinajstić information content (AvgIpc) is 2.95. The first-order chi connectivity index (χ1) is 9.99. The summed E-state index contributed by atoms with van der Waals surface area (Å²) < 4.78 is 5.14. The average molecular weight is 284 g/mol. The lowest BCUT2D eigenvalue weighted by Crippen LogP contribution is -2.29. The molecule has 0 saturated heterocycles. The second kappa shape index (κ2) is 5.40. The molecule has 3 unspecified atom stereocenters. The van der Waals surface area contributed by atoms with Gasteiger partial charge in [0.15, 0.2) is 0 Å². The highest BCUT2D eigenvalue weighted by Crippen LogP contribution is 2.41. The Labute approximate surface area is 128 Å². The monoisotopic (exact) mass is 284 g/mol. The summed E-state index contributed by atoms with van der Waals surface area (Å²) >= 11 is 0. The van der Waals surface area contributed by atoms with Crippen LogP contribution in [0.5, 0.6) is 0 Å². The van der Waals surface area contributed by atoms with E-state index in [1.54, 1.807) is 0 Å². The Kier molecular flexibility index (Phi) is 3.73. The summed E-state index contributed by atoms with van der Waals surface area (Å²) in [7, 11) is 0. The van der Waals surface area contributed by atoms with Crippen molar-refractivity contribution >= 4 is 0 Å². The number of aryl methyl sites for hydroxylation is 4. The second-order valence-electron chi connectivity index (χ2n) is 6.98. The molecule has 3 rings (SSSR count). The summed E-state index contributed by atoms with van der Waals surface area (Å²) in [6.45, 7) is 11.4. The molecule has 3 atom stereocenters. The van der Waals surface area contributed by atoms with Gasteiger partial charge in [-0.3, -0.25) is 0 Å². The molecule has 2 heteroatoms. The van der Waals surface area contributed by atoms with Crippen LogP contribution in [0.4, 0.5) is 0 Å². The van der Waals surface area contributed by atoms with Crippen molar-refractivity contribution in [3.05, 3.63) is 47.0 Å². The van der Waals surface area contributed by atoms with Crippen LogP contribution in [-0.2, 0) is 0 Å². The molecule has 0 radical (unpaired) electrons. The molecule has 1 saturated carbocycles. The van der Waals surface area contributed by atoms with Crippen LogP contribution in [-0.4, -0.2) is 9.13 Å². The fourth-order valence-corrected chi connectivity index (χ4v) is 4.33. The summed E-state index contributed by atoms with van der Waals surface area (Å²) in [5.41, 5.74) is 5.63. The second-order valence-corrected chi connectivity index (χ2v) is 6.98. The Bertz CT molecular complexity index is 593. The van der Waals surface area contributed by atoms with E-state index in [9.17, 15) is 0 Å². The number of aromatic nitrogens is 2. The van der Waals surface area contributed by atoms with Gasteiger partial charge in [-0.05, 0) is 77.1 Å². The smallest absolute Gasteiger partial charge is 0.0381 e. The summed E-state index contributed by atoms with van der Waals surface area (Å²) in [6, 6.07) is 10.3. The fourth-order valence-electron chi connectivity index (χ4n) is 4.33. The first-order valence-electron chi connectivity index (χ1n) is 8.28. The number of hydrogen-bond donors (Lipinski definition) is 0. The molecule has 0 spiro atoms. The number of nitrogens with zero attached hydrogens (tertiary/aromatic N) is 2. The molecule has 0 aliphatic heterocycles. The zero-order valence-electron chi connectivity index (χ0n) is 14.1. The van der Waals surface area contributed by atoms with Crippen molar-refractivity contribution in [2.45, 2.75) is 66.0 Å². The summed E-state index contributed by atoms with van der Waals surface area (Å²) in [5, 5.41) is 0. The van der Waals surface area contributed by atoms with Gasteiger partial charge < -0.3 is 9.13 Å². The van der Waals surface area contributed by atoms with Crippen molar-refractivity contribution in [2.75, 3.05) is 0 Å². The molecule has 0 amide bonds. The molecular formula is C19H28N2. The highest BCUT2D eigenvalue weighted by atomic mass is 15.1. The van der Waals surface area contributed by atoms with Crippen LogP contribution < -0.4 is 0 Å². The molecule has 2 aromatic heterocycles. The number of hydrogen-bond acceptors (Lipinski definition) is 0. The third-order valence-corrected chi connectivity index (χ3v) is 5.47. The van der Waals surface area contributed by atoms with Crippen LogP contribution in [0.25, 0.3) is 0 Å². The Morgan fingerprint density at radius 1 is 0.762 bits per heavy atom. The van der Waals surface area contributed by atoms with Crippen LogP contribution >= 0.6 is 0 Å². The quantitative estimate of drug-likeness (QED) is 0.724. The zero-order chi connectivity index (χ0) is 15.1. The van der Waals surface area contributed by atoms with Gasteiger partial charge in [-0.2, -0.15) is 0 Å². The van der Waals surface area contributed by atoms with Crippen molar-refractivity contribution in [3.8, 4) is 0 Å². The zero-order valence-corrected chi connectivity index (χ0v) is 14.1. The molecule has 2 nitrogen and oxygen atoms in total. The minimum absolute atomic E-state index is 0.639. The molecule has 1 fully saturated rings. The van der Waals surface area contributed by atoms with E-state index in [0.717, 1.165) is 5.92 Å². The van der Waals surface area contributed by atoms with Crippen molar-refractivity contribution in [3.63, 3.8) is 0 Å². The first-order valence-corrected chi connectivity index (χ1v) is 8.28. The maximum Gasteiger partial charge on any atom is 0.0381 e. The third-order valence-electron chi connectivity index (χ3n) is 5.47. The molecule has 1 aliphatic carbocycles. The van der Waals surface area contributed by atoms with E-state index in [2.05, 4.69) is 68.0 Å². The highest BCUT2D eigenvalue weighted by Gasteiger charge is 2.31. The van der Waals surface area contributed by atoms with Crippen LogP contribution in [0, 0.1) is 33.6 Å². The van der Waals surface area contributed by atoms with Gasteiger partial charge in [0, 0.05) is 34.9 Å². The fraction of sp³-hybridized carbons (Fsp3) is 0.579. The summed E-state index contributed by atoms with van der Waals surface area (Å²) in [4.78, 5) is 0. The predicted molar refractivity (Wildman–Crippen MR) is 88.9 cm³/mol. The van der Waals surface area contributed by atoms with E-state index in [1.165, 1.54) is 42.0 Å². The van der Waals surface area contributed by atoms with Crippen LogP contribution in [0.2, 0.25) is 0 Å². The highest BCUT2D eigenvalue weighted by molar-refractivity contribution is 5.18. The molecule has 0 N–H and O–H groups in total. The standard InChI is InChI=1S/C19H28N2/c1-13-6-11-18(20-14(2)7-8-15(20)3)12-19(13)21-16(4)9-10-17(21)5/h7-10,13,18-19H,6,11-12H2,1-5H3. The van der Waals surface area contributed by atoms with Gasteiger partial charge in [-0.1, -0.05) is 6.92 Å². The van der Waals surface area contributed by atoms with Crippen molar-refractivity contribution in [2.24, 2.45) is 5.92 Å². The minimum Gasteiger partial charge on any atom is -0.346 e. The van der Waals surface area contributed by atoms with Crippen molar-refractivity contribution < 1.29 is 0 Å². The molecular weight excluding hydrogens is 256 g/mol. The summed E-state index contributed by atoms with van der Waals surface area (Å²) in [5.74, 6) is 0.766. The summed E-state index contributed by atoms with van der Waals surface area (Å²) in [6.07, 6.45) is 3.89. The van der Waals surface area contributed by atoms with E-state index >= 15 is 0 Å². The molecule has 2 heterocycles. The van der Waals surface area contributed by atoms with Gasteiger partial charge in [-0.15, -0.1) is 0 Å². The van der Waals surface area contributed by atoms with Gasteiger partial charge >= 0.3 is 0 Å².